The highest BCUT2D eigenvalue weighted by molar-refractivity contribution is 9.10. The number of halogens is 2. The Bertz CT molecular complexity index is 921. The molecule has 1 aromatic heterocycles. The lowest BCUT2D eigenvalue weighted by atomic mass is 10.1. The van der Waals surface area contributed by atoms with E-state index in [2.05, 4.69) is 31.2 Å². The van der Waals surface area contributed by atoms with Crippen LogP contribution in [0.15, 0.2) is 69.4 Å². The number of hydrogen-bond acceptors (Lipinski definition) is 4. The first-order valence-corrected chi connectivity index (χ1v) is 8.96. The number of nitrogens with one attached hydrogen (secondary N) is 1. The fraction of sp³-hybridized carbons (Fsp3) is 0.0556. The van der Waals surface area contributed by atoms with Gasteiger partial charge in [0.15, 0.2) is 5.16 Å². The molecular formula is C18H13BrFN3OS. The zero-order valence-electron chi connectivity index (χ0n) is 13.2. The minimum atomic E-state index is -0.563. The van der Waals surface area contributed by atoms with E-state index in [1.807, 2.05) is 19.1 Å². The van der Waals surface area contributed by atoms with Crippen LogP contribution in [0.5, 0.6) is 0 Å². The molecule has 25 heavy (non-hydrogen) atoms. The predicted molar refractivity (Wildman–Crippen MR) is 99.4 cm³/mol. The lowest BCUT2D eigenvalue weighted by Gasteiger charge is -2.10. The fourth-order valence-electron chi connectivity index (χ4n) is 2.14. The molecule has 126 valence electrons. The molecule has 3 aromatic rings. The summed E-state index contributed by atoms with van der Waals surface area (Å²) >= 11 is 4.67. The van der Waals surface area contributed by atoms with E-state index in [0.717, 1.165) is 10.5 Å². The molecule has 1 amide bonds. The number of carbonyl (C=O) groups is 1. The summed E-state index contributed by atoms with van der Waals surface area (Å²) in [4.78, 5) is 21.6. The van der Waals surface area contributed by atoms with E-state index in [1.165, 1.54) is 23.9 Å². The number of amides is 1. The van der Waals surface area contributed by atoms with Gasteiger partial charge >= 0.3 is 0 Å². The molecule has 0 saturated carbocycles. The molecule has 2 aromatic carbocycles. The number of nitrogens with zero attached hydrogens (tertiary/aromatic N) is 2. The van der Waals surface area contributed by atoms with E-state index in [4.69, 9.17) is 0 Å². The molecule has 0 atom stereocenters. The van der Waals surface area contributed by atoms with Crippen molar-refractivity contribution < 1.29 is 9.18 Å². The number of hydrogen-bond donors (Lipinski definition) is 1. The lowest BCUT2D eigenvalue weighted by Crippen LogP contribution is -2.14. The third-order valence-electron chi connectivity index (χ3n) is 3.37. The van der Waals surface area contributed by atoms with Crippen LogP contribution in [-0.4, -0.2) is 15.9 Å². The monoisotopic (exact) mass is 417 g/mol. The Morgan fingerprint density at radius 2 is 1.92 bits per heavy atom. The summed E-state index contributed by atoms with van der Waals surface area (Å²) in [6.07, 6.45) is 3.37. The largest absolute Gasteiger partial charge is 0.322 e. The van der Waals surface area contributed by atoms with Crippen molar-refractivity contribution >= 4 is 39.3 Å². The molecule has 7 heteroatoms. The van der Waals surface area contributed by atoms with Gasteiger partial charge in [0.1, 0.15) is 5.82 Å². The second kappa shape index (κ2) is 7.76. The zero-order chi connectivity index (χ0) is 17.8. The summed E-state index contributed by atoms with van der Waals surface area (Å²) in [5, 5.41) is 3.39. The lowest BCUT2D eigenvalue weighted by molar-refractivity contribution is 0.102. The molecule has 0 fully saturated rings. The van der Waals surface area contributed by atoms with E-state index in [9.17, 15) is 9.18 Å². The van der Waals surface area contributed by atoms with Crippen molar-refractivity contribution in [2.45, 2.75) is 17.0 Å². The van der Waals surface area contributed by atoms with Crippen LogP contribution in [0.2, 0.25) is 0 Å². The number of carbonyl (C=O) groups excluding carboxylic acids is 1. The van der Waals surface area contributed by atoms with E-state index >= 15 is 0 Å². The van der Waals surface area contributed by atoms with Crippen LogP contribution in [0.1, 0.15) is 15.9 Å². The standard InChI is InChI=1S/C18H13BrFN3OS/c1-11-9-13(25-18-21-7-2-8-22-18)4-6-16(11)23-17(24)14-10-12(19)3-5-15(14)20/h2-10H,1H3,(H,23,24). The number of benzene rings is 2. The van der Waals surface area contributed by atoms with Crippen molar-refractivity contribution in [1.82, 2.24) is 9.97 Å². The Hall–Kier alpha value is -2.25. The summed E-state index contributed by atoms with van der Waals surface area (Å²) < 4.78 is 14.5. The summed E-state index contributed by atoms with van der Waals surface area (Å²) in [5.74, 6) is -1.06. The smallest absolute Gasteiger partial charge is 0.258 e. The van der Waals surface area contributed by atoms with Gasteiger partial charge in [0.2, 0.25) is 0 Å². The summed E-state index contributed by atoms with van der Waals surface area (Å²) in [6.45, 7) is 1.88. The minimum Gasteiger partial charge on any atom is -0.322 e. The number of anilines is 1. The van der Waals surface area contributed by atoms with Gasteiger partial charge in [-0.25, -0.2) is 14.4 Å². The number of rotatable bonds is 4. The first-order chi connectivity index (χ1) is 12.0. The van der Waals surface area contributed by atoms with Gasteiger partial charge in [-0.15, -0.1) is 0 Å². The Morgan fingerprint density at radius 3 is 2.64 bits per heavy atom. The first kappa shape index (κ1) is 17.6. The minimum absolute atomic E-state index is 0.00934. The highest BCUT2D eigenvalue weighted by atomic mass is 79.9. The van der Waals surface area contributed by atoms with Crippen LogP contribution >= 0.6 is 27.7 Å². The second-order valence-corrected chi connectivity index (χ2v) is 7.14. The Morgan fingerprint density at radius 1 is 1.16 bits per heavy atom. The van der Waals surface area contributed by atoms with Crippen LogP contribution in [0.4, 0.5) is 10.1 Å². The van der Waals surface area contributed by atoms with Crippen LogP contribution < -0.4 is 5.32 Å². The molecule has 0 saturated heterocycles. The topological polar surface area (TPSA) is 54.9 Å². The van der Waals surface area contributed by atoms with Gasteiger partial charge in [0, 0.05) is 27.4 Å². The third-order valence-corrected chi connectivity index (χ3v) is 4.75. The zero-order valence-corrected chi connectivity index (χ0v) is 15.6. The van der Waals surface area contributed by atoms with Crippen LogP contribution in [0, 0.1) is 12.7 Å². The maximum atomic E-state index is 13.8. The first-order valence-electron chi connectivity index (χ1n) is 7.35. The van der Waals surface area contributed by atoms with E-state index in [-0.39, 0.29) is 5.56 Å². The molecular weight excluding hydrogens is 405 g/mol. The van der Waals surface area contributed by atoms with Gasteiger partial charge < -0.3 is 5.32 Å². The molecule has 1 N–H and O–H groups in total. The highest BCUT2D eigenvalue weighted by Crippen LogP contribution is 2.28. The summed E-state index contributed by atoms with van der Waals surface area (Å²) in [7, 11) is 0. The van der Waals surface area contributed by atoms with Gasteiger partial charge in [0.05, 0.1) is 5.56 Å². The molecule has 4 nitrogen and oxygen atoms in total. The molecule has 0 radical (unpaired) electrons. The van der Waals surface area contributed by atoms with Crippen molar-refractivity contribution in [3.8, 4) is 0 Å². The van der Waals surface area contributed by atoms with E-state index in [0.29, 0.717) is 15.3 Å². The van der Waals surface area contributed by atoms with Crippen molar-refractivity contribution in [2.24, 2.45) is 0 Å². The van der Waals surface area contributed by atoms with Gasteiger partial charge in [-0.1, -0.05) is 15.9 Å². The normalized spacial score (nSPS) is 10.5. The van der Waals surface area contributed by atoms with Gasteiger partial charge in [-0.2, -0.15) is 0 Å². The van der Waals surface area contributed by atoms with Gasteiger partial charge in [0.25, 0.3) is 5.91 Å². The van der Waals surface area contributed by atoms with E-state index < -0.39 is 11.7 Å². The molecule has 3 rings (SSSR count). The van der Waals surface area contributed by atoms with Crippen LogP contribution in [0.25, 0.3) is 0 Å². The van der Waals surface area contributed by atoms with Gasteiger partial charge in [-0.3, -0.25) is 4.79 Å². The maximum absolute atomic E-state index is 13.8. The van der Waals surface area contributed by atoms with Crippen molar-refractivity contribution in [3.63, 3.8) is 0 Å². The quantitative estimate of drug-likeness (QED) is 0.600. The molecule has 0 aliphatic rings. The number of aromatic nitrogens is 2. The fourth-order valence-corrected chi connectivity index (χ4v) is 3.32. The molecule has 0 aliphatic heterocycles. The number of aryl methyl sites for hydroxylation is 1. The third kappa shape index (κ3) is 4.43. The molecule has 0 bridgehead atoms. The molecule has 1 heterocycles. The Labute approximate surface area is 157 Å². The van der Waals surface area contributed by atoms with Crippen molar-refractivity contribution in [2.75, 3.05) is 5.32 Å². The molecule has 0 unspecified atom stereocenters. The van der Waals surface area contributed by atoms with Crippen LogP contribution in [0.3, 0.4) is 0 Å². The van der Waals surface area contributed by atoms with Crippen LogP contribution in [-0.2, 0) is 0 Å². The second-order valence-electron chi connectivity index (χ2n) is 5.19. The summed E-state index contributed by atoms with van der Waals surface area (Å²) in [6, 6.07) is 11.6. The maximum Gasteiger partial charge on any atom is 0.258 e. The van der Waals surface area contributed by atoms with E-state index in [1.54, 1.807) is 30.6 Å². The molecule has 0 aliphatic carbocycles. The van der Waals surface area contributed by atoms with Crippen molar-refractivity contribution in [3.05, 3.63) is 76.3 Å². The highest BCUT2D eigenvalue weighted by Gasteiger charge is 2.13. The SMILES string of the molecule is Cc1cc(Sc2ncccn2)ccc1NC(=O)c1cc(Br)ccc1F. The average Bonchev–Trinajstić information content (AvgIpc) is 2.60. The Balaban J connectivity index is 1.77. The molecule has 0 spiro atoms. The average molecular weight is 418 g/mol. The summed E-state index contributed by atoms with van der Waals surface area (Å²) in [5.41, 5.74) is 1.48. The van der Waals surface area contributed by atoms with Crippen molar-refractivity contribution in [1.29, 1.82) is 0 Å². The Kier molecular flexibility index (Phi) is 5.45. The van der Waals surface area contributed by atoms with Gasteiger partial charge in [-0.05, 0) is 66.7 Å². The predicted octanol–water partition coefficient (Wildman–Crippen LogP) is 5.09.